The van der Waals surface area contributed by atoms with Gasteiger partial charge in [0.2, 0.25) is 0 Å². The van der Waals surface area contributed by atoms with Crippen molar-refractivity contribution in [2.24, 2.45) is 5.14 Å². The van der Waals surface area contributed by atoms with E-state index in [0.29, 0.717) is 6.54 Å². The van der Waals surface area contributed by atoms with Crippen LogP contribution in [0, 0.1) is 0 Å². The summed E-state index contributed by atoms with van der Waals surface area (Å²) in [4.78, 5) is 10.9. The molecule has 0 spiro atoms. The van der Waals surface area contributed by atoms with Crippen molar-refractivity contribution in [1.29, 1.82) is 0 Å². The fraction of sp³-hybridized carbons (Fsp3) is 0.875. The molecule has 1 aliphatic heterocycles. The van der Waals surface area contributed by atoms with Gasteiger partial charge in [-0.3, -0.25) is 4.79 Å². The van der Waals surface area contributed by atoms with Gasteiger partial charge in [-0.2, -0.15) is 12.7 Å². The number of carbonyl (C=O) groups excluding carboxylic acids is 1. The fourth-order valence-electron chi connectivity index (χ4n) is 1.84. The first-order chi connectivity index (χ1) is 6.41. The van der Waals surface area contributed by atoms with Gasteiger partial charge in [0.05, 0.1) is 0 Å². The minimum atomic E-state index is -3.64. The summed E-state index contributed by atoms with van der Waals surface area (Å²) in [6.45, 7) is 1.91. The second kappa shape index (κ2) is 4.37. The molecule has 1 unspecified atom stereocenters. The molecular weight excluding hydrogens is 204 g/mol. The van der Waals surface area contributed by atoms with Crippen LogP contribution < -0.4 is 5.14 Å². The van der Waals surface area contributed by atoms with Gasteiger partial charge in [-0.25, -0.2) is 5.14 Å². The number of ketones is 1. The van der Waals surface area contributed by atoms with Gasteiger partial charge in [0.15, 0.2) is 0 Å². The summed E-state index contributed by atoms with van der Waals surface area (Å²) >= 11 is 0. The Morgan fingerprint density at radius 3 is 2.64 bits per heavy atom. The van der Waals surface area contributed by atoms with Gasteiger partial charge >= 0.3 is 0 Å². The minimum Gasteiger partial charge on any atom is -0.300 e. The Labute approximate surface area is 84.4 Å². The molecule has 1 heterocycles. The van der Waals surface area contributed by atoms with E-state index < -0.39 is 10.2 Å². The Hall–Kier alpha value is -0.460. The van der Waals surface area contributed by atoms with Crippen molar-refractivity contribution in [3.05, 3.63) is 0 Å². The number of Topliss-reactive ketones (excluding diaryl/α,β-unsaturated/α-hetero) is 1. The Morgan fingerprint density at radius 1 is 1.50 bits per heavy atom. The lowest BCUT2D eigenvalue weighted by Crippen LogP contribution is -2.47. The lowest BCUT2D eigenvalue weighted by atomic mass is 10.0. The van der Waals surface area contributed by atoms with Gasteiger partial charge in [0, 0.05) is 19.0 Å². The molecule has 1 rings (SSSR count). The molecule has 1 saturated heterocycles. The van der Waals surface area contributed by atoms with Gasteiger partial charge in [0.25, 0.3) is 10.2 Å². The van der Waals surface area contributed by atoms with Crippen molar-refractivity contribution in [2.45, 2.75) is 38.6 Å². The van der Waals surface area contributed by atoms with Gasteiger partial charge in [-0.05, 0) is 19.8 Å². The smallest absolute Gasteiger partial charge is 0.277 e. The van der Waals surface area contributed by atoms with Crippen LogP contribution in [0.3, 0.4) is 0 Å². The third-order valence-electron chi connectivity index (χ3n) is 2.42. The van der Waals surface area contributed by atoms with Crippen LogP contribution in [0.5, 0.6) is 0 Å². The molecule has 1 atom stereocenters. The lowest BCUT2D eigenvalue weighted by Gasteiger charge is -2.32. The van der Waals surface area contributed by atoms with Gasteiger partial charge in [-0.1, -0.05) is 6.42 Å². The average Bonchev–Trinajstić information content (AvgIpc) is 2.01. The molecule has 0 amide bonds. The molecule has 1 fully saturated rings. The number of piperidine rings is 1. The molecule has 0 saturated carbocycles. The predicted molar refractivity (Wildman–Crippen MR) is 52.8 cm³/mol. The van der Waals surface area contributed by atoms with E-state index in [1.807, 2.05) is 0 Å². The van der Waals surface area contributed by atoms with Crippen LogP contribution >= 0.6 is 0 Å². The number of nitrogens with zero attached hydrogens (tertiary/aromatic N) is 1. The van der Waals surface area contributed by atoms with E-state index in [9.17, 15) is 13.2 Å². The van der Waals surface area contributed by atoms with Crippen LogP contribution in [0.4, 0.5) is 0 Å². The summed E-state index contributed by atoms with van der Waals surface area (Å²) in [6.07, 6.45) is 2.79. The Balaban J connectivity index is 2.74. The van der Waals surface area contributed by atoms with Crippen LogP contribution in [0.25, 0.3) is 0 Å². The van der Waals surface area contributed by atoms with Crippen LogP contribution in [0.15, 0.2) is 0 Å². The molecule has 82 valence electrons. The predicted octanol–water partition coefficient (Wildman–Crippen LogP) is 0.0235. The zero-order chi connectivity index (χ0) is 10.8. The quantitative estimate of drug-likeness (QED) is 0.728. The maximum Gasteiger partial charge on any atom is 0.277 e. The van der Waals surface area contributed by atoms with Crippen molar-refractivity contribution in [3.63, 3.8) is 0 Å². The summed E-state index contributed by atoms with van der Waals surface area (Å²) in [5.74, 6) is 0.00514. The molecule has 0 aromatic carbocycles. The first kappa shape index (κ1) is 11.6. The normalized spacial score (nSPS) is 24.9. The Morgan fingerprint density at radius 2 is 2.14 bits per heavy atom. The van der Waals surface area contributed by atoms with Crippen LogP contribution in [-0.4, -0.2) is 31.1 Å². The zero-order valence-electron chi connectivity index (χ0n) is 8.27. The zero-order valence-corrected chi connectivity index (χ0v) is 9.09. The molecule has 2 N–H and O–H groups in total. The second-order valence-electron chi connectivity index (χ2n) is 3.71. The van der Waals surface area contributed by atoms with Crippen molar-refractivity contribution in [3.8, 4) is 0 Å². The first-order valence-electron chi connectivity index (χ1n) is 4.70. The third kappa shape index (κ3) is 3.04. The van der Waals surface area contributed by atoms with E-state index in [4.69, 9.17) is 5.14 Å². The maximum absolute atomic E-state index is 11.2. The van der Waals surface area contributed by atoms with Crippen molar-refractivity contribution < 1.29 is 13.2 Å². The largest absolute Gasteiger partial charge is 0.300 e. The van der Waals surface area contributed by atoms with E-state index in [-0.39, 0.29) is 18.2 Å². The summed E-state index contributed by atoms with van der Waals surface area (Å²) in [6, 6.07) is -0.226. The second-order valence-corrected chi connectivity index (χ2v) is 5.21. The van der Waals surface area contributed by atoms with E-state index in [1.54, 1.807) is 0 Å². The molecule has 0 aromatic heterocycles. The van der Waals surface area contributed by atoms with Crippen molar-refractivity contribution >= 4 is 16.0 Å². The van der Waals surface area contributed by atoms with E-state index >= 15 is 0 Å². The minimum absolute atomic E-state index is 0.00514. The number of nitrogens with two attached hydrogens (primary N) is 1. The van der Waals surface area contributed by atoms with Gasteiger partial charge in [-0.15, -0.1) is 0 Å². The molecule has 0 aliphatic carbocycles. The monoisotopic (exact) mass is 220 g/mol. The summed E-state index contributed by atoms with van der Waals surface area (Å²) < 4.78 is 23.6. The fourth-order valence-corrected chi connectivity index (χ4v) is 2.82. The average molecular weight is 220 g/mol. The molecule has 0 bridgehead atoms. The lowest BCUT2D eigenvalue weighted by molar-refractivity contribution is -0.118. The number of hydrogen-bond donors (Lipinski definition) is 1. The van der Waals surface area contributed by atoms with E-state index in [1.165, 1.54) is 11.2 Å². The van der Waals surface area contributed by atoms with E-state index in [0.717, 1.165) is 19.3 Å². The molecule has 0 radical (unpaired) electrons. The van der Waals surface area contributed by atoms with Gasteiger partial charge < -0.3 is 0 Å². The number of carbonyl (C=O) groups is 1. The summed E-state index contributed by atoms with van der Waals surface area (Å²) in [5, 5.41) is 5.06. The highest BCUT2D eigenvalue weighted by Crippen LogP contribution is 2.21. The summed E-state index contributed by atoms with van der Waals surface area (Å²) in [5.41, 5.74) is 0. The Bertz CT molecular complexity index is 313. The molecule has 6 heteroatoms. The van der Waals surface area contributed by atoms with Crippen LogP contribution in [0.2, 0.25) is 0 Å². The Kier molecular flexibility index (Phi) is 3.63. The first-order valence-corrected chi connectivity index (χ1v) is 6.20. The highest BCUT2D eigenvalue weighted by molar-refractivity contribution is 7.86. The number of hydrogen-bond acceptors (Lipinski definition) is 3. The summed E-state index contributed by atoms with van der Waals surface area (Å²) in [7, 11) is -3.64. The highest BCUT2D eigenvalue weighted by atomic mass is 32.2. The van der Waals surface area contributed by atoms with Crippen LogP contribution in [0.1, 0.15) is 32.6 Å². The molecular formula is C8H16N2O3S. The molecule has 0 aromatic rings. The molecule has 1 aliphatic rings. The molecule has 5 nitrogen and oxygen atoms in total. The van der Waals surface area contributed by atoms with Crippen LogP contribution in [-0.2, 0) is 15.0 Å². The van der Waals surface area contributed by atoms with Gasteiger partial charge in [0.1, 0.15) is 5.78 Å². The standard InChI is InChI=1S/C8H16N2O3S/c1-7(11)6-8-4-2-3-5-10(8)14(9,12)13/h8H,2-6H2,1H3,(H2,9,12,13). The maximum atomic E-state index is 11.2. The highest BCUT2D eigenvalue weighted by Gasteiger charge is 2.30. The SMILES string of the molecule is CC(=O)CC1CCCCN1S(N)(=O)=O. The molecule has 14 heavy (non-hydrogen) atoms. The topological polar surface area (TPSA) is 80.5 Å². The number of rotatable bonds is 3. The van der Waals surface area contributed by atoms with E-state index in [2.05, 4.69) is 0 Å². The van der Waals surface area contributed by atoms with Crippen molar-refractivity contribution in [1.82, 2.24) is 4.31 Å². The third-order valence-corrected chi connectivity index (χ3v) is 3.56. The van der Waals surface area contributed by atoms with Crippen molar-refractivity contribution in [2.75, 3.05) is 6.54 Å².